The minimum atomic E-state index is -1.84. The van der Waals surface area contributed by atoms with Gasteiger partial charge in [0.05, 0.1) is 6.33 Å². The van der Waals surface area contributed by atoms with Crippen molar-refractivity contribution >= 4 is 23.0 Å². The van der Waals surface area contributed by atoms with E-state index in [1.807, 2.05) is 0 Å². The molecule has 3 rings (SSSR count). The maximum atomic E-state index is 11.5. The maximum Gasteiger partial charge on any atom is 0.346 e. The molecule has 0 bridgehead atoms. The number of aromatic nitrogens is 4. The lowest BCUT2D eigenvalue weighted by Gasteiger charge is -2.41. The largest absolute Gasteiger partial charge is 0.478 e. The van der Waals surface area contributed by atoms with Crippen LogP contribution in [0.25, 0.3) is 11.2 Å². The highest BCUT2D eigenvalue weighted by molar-refractivity contribution is 5.88. The zero-order valence-electron chi connectivity index (χ0n) is 11.8. The number of aliphatic hydroxyl groups is 2. The first-order valence-corrected chi connectivity index (χ1v) is 6.33. The third kappa shape index (κ3) is 1.58. The summed E-state index contributed by atoms with van der Waals surface area (Å²) in [7, 11) is 1.76. The molecule has 0 amide bonds. The van der Waals surface area contributed by atoms with Gasteiger partial charge in [0.15, 0.2) is 11.6 Å². The molecule has 0 fully saturated rings. The van der Waals surface area contributed by atoms with Crippen LogP contribution in [0, 0.1) is 0 Å². The van der Waals surface area contributed by atoms with Crippen molar-refractivity contribution in [1.29, 1.82) is 0 Å². The summed E-state index contributed by atoms with van der Waals surface area (Å²) in [5.74, 6) is -0.983. The highest BCUT2D eigenvalue weighted by Crippen LogP contribution is 2.33. The minimum Gasteiger partial charge on any atom is -0.478 e. The summed E-state index contributed by atoms with van der Waals surface area (Å²) in [5.41, 5.74) is -2.64. The zero-order valence-corrected chi connectivity index (χ0v) is 11.8. The molecule has 0 unspecified atom stereocenters. The maximum absolute atomic E-state index is 11.5. The molecule has 9 heteroatoms. The molecular weight excluding hydrogens is 278 g/mol. The molecule has 2 aromatic heterocycles. The van der Waals surface area contributed by atoms with Crippen LogP contribution in [0.5, 0.6) is 0 Å². The van der Waals surface area contributed by atoms with E-state index < -0.39 is 23.3 Å². The third-order valence-corrected chi connectivity index (χ3v) is 4.04. The van der Waals surface area contributed by atoms with Crippen molar-refractivity contribution in [1.82, 2.24) is 14.5 Å². The Hall–Kier alpha value is -2.26. The number of carboxylic acids is 1. The van der Waals surface area contributed by atoms with E-state index in [9.17, 15) is 20.1 Å². The summed E-state index contributed by atoms with van der Waals surface area (Å²) >= 11 is 0. The molecular formula is C12H16N5O4+. The molecule has 0 aromatic carbocycles. The molecule has 21 heavy (non-hydrogen) atoms. The fraction of sp³-hybridized carbons (Fsp3) is 0.500. The molecule has 112 valence electrons. The first-order chi connectivity index (χ1) is 9.69. The summed E-state index contributed by atoms with van der Waals surface area (Å²) in [6, 6.07) is 0. The van der Waals surface area contributed by atoms with Crippen LogP contribution in [-0.4, -0.2) is 47.5 Å². The standard InChI is InChI=1S/C12H15N5O4/c1-11(10(19)20)9(18)12(2,21)17-5-14-7-6(8(17)15-11)13-4-16(7)3/h4-5,9,18,21H,1-3H3,(H,19,20)/p+1/t9-,11+,12-/m1/s1. The average molecular weight is 294 g/mol. The number of imidazole rings is 1. The van der Waals surface area contributed by atoms with E-state index in [0.29, 0.717) is 17.0 Å². The molecule has 0 saturated carbocycles. The highest BCUT2D eigenvalue weighted by Gasteiger charge is 2.59. The second-order valence-electron chi connectivity index (χ2n) is 5.62. The van der Waals surface area contributed by atoms with Crippen molar-refractivity contribution in [2.75, 3.05) is 5.32 Å². The van der Waals surface area contributed by atoms with Crippen molar-refractivity contribution in [3.63, 3.8) is 0 Å². The van der Waals surface area contributed by atoms with Gasteiger partial charge in [-0.2, -0.15) is 0 Å². The lowest BCUT2D eigenvalue weighted by molar-refractivity contribution is -0.807. The Balaban J connectivity index is 2.34. The summed E-state index contributed by atoms with van der Waals surface area (Å²) in [6.07, 6.45) is 1.30. The zero-order chi connectivity index (χ0) is 15.6. The number of hydrogen-bond acceptors (Lipinski definition) is 6. The summed E-state index contributed by atoms with van der Waals surface area (Å²) < 4.78 is 2.97. The van der Waals surface area contributed by atoms with Crippen LogP contribution in [-0.2, 0) is 17.6 Å². The van der Waals surface area contributed by atoms with Gasteiger partial charge in [0.25, 0.3) is 5.82 Å². The number of rotatable bonds is 1. The Morgan fingerprint density at radius 1 is 1.48 bits per heavy atom. The van der Waals surface area contributed by atoms with Gasteiger partial charge in [0.2, 0.25) is 23.2 Å². The molecule has 0 saturated heterocycles. The van der Waals surface area contributed by atoms with E-state index in [1.165, 1.54) is 31.1 Å². The van der Waals surface area contributed by atoms with Crippen LogP contribution in [0.3, 0.4) is 0 Å². The number of hydrogen-bond donors (Lipinski definition) is 4. The monoisotopic (exact) mass is 294 g/mol. The Bertz CT molecular complexity index is 755. The molecule has 0 spiro atoms. The van der Waals surface area contributed by atoms with Crippen molar-refractivity contribution in [2.45, 2.75) is 31.2 Å². The molecule has 1 aliphatic rings. The van der Waals surface area contributed by atoms with Gasteiger partial charge in [0, 0.05) is 14.0 Å². The number of anilines is 1. The van der Waals surface area contributed by atoms with Gasteiger partial charge < -0.3 is 19.9 Å². The van der Waals surface area contributed by atoms with Crippen LogP contribution < -0.4 is 9.88 Å². The minimum absolute atomic E-state index is 0.292. The first-order valence-electron chi connectivity index (χ1n) is 6.33. The van der Waals surface area contributed by atoms with Crippen LogP contribution in [0.2, 0.25) is 0 Å². The lowest BCUT2D eigenvalue weighted by atomic mass is 9.85. The molecule has 3 heterocycles. The second-order valence-corrected chi connectivity index (χ2v) is 5.62. The number of nitrogens with one attached hydrogen (secondary N) is 1. The van der Waals surface area contributed by atoms with Crippen molar-refractivity contribution in [3.05, 3.63) is 12.7 Å². The molecule has 0 radical (unpaired) electrons. The smallest absolute Gasteiger partial charge is 0.346 e. The van der Waals surface area contributed by atoms with Crippen molar-refractivity contribution in [2.24, 2.45) is 7.05 Å². The van der Waals surface area contributed by atoms with Crippen molar-refractivity contribution < 1.29 is 24.7 Å². The summed E-state index contributed by atoms with van der Waals surface area (Å²) in [6.45, 7) is 2.65. The van der Waals surface area contributed by atoms with Crippen LogP contribution >= 0.6 is 0 Å². The van der Waals surface area contributed by atoms with E-state index in [4.69, 9.17) is 0 Å². The van der Waals surface area contributed by atoms with Gasteiger partial charge in [0.1, 0.15) is 0 Å². The van der Waals surface area contributed by atoms with E-state index in [1.54, 1.807) is 11.6 Å². The normalized spacial score (nSPS) is 31.8. The molecule has 1 aliphatic heterocycles. The fourth-order valence-corrected chi connectivity index (χ4v) is 2.65. The van der Waals surface area contributed by atoms with Crippen LogP contribution in [0.4, 0.5) is 5.82 Å². The van der Waals surface area contributed by atoms with Gasteiger partial charge in [-0.3, -0.25) is 5.32 Å². The Morgan fingerprint density at radius 3 is 2.76 bits per heavy atom. The highest BCUT2D eigenvalue weighted by atomic mass is 16.4. The predicted molar refractivity (Wildman–Crippen MR) is 70.2 cm³/mol. The second kappa shape index (κ2) is 3.89. The molecule has 9 nitrogen and oxygen atoms in total. The fourth-order valence-electron chi connectivity index (χ4n) is 2.65. The number of nitrogens with zero attached hydrogens (tertiary/aromatic N) is 4. The average Bonchev–Trinajstić information content (AvgIpc) is 2.78. The topological polar surface area (TPSA) is 124 Å². The number of fused-ring (bicyclic) bond motifs is 3. The number of aliphatic hydroxyl groups excluding tert-OH is 1. The summed E-state index contributed by atoms with van der Waals surface area (Å²) in [5, 5.41) is 33.1. The number of carbonyl (C=O) groups is 1. The number of carboxylic acid groups (broad SMARTS) is 1. The Morgan fingerprint density at radius 2 is 2.14 bits per heavy atom. The first kappa shape index (κ1) is 13.7. The van der Waals surface area contributed by atoms with Crippen LogP contribution in [0.1, 0.15) is 13.8 Å². The van der Waals surface area contributed by atoms with Gasteiger partial charge >= 0.3 is 5.97 Å². The van der Waals surface area contributed by atoms with Gasteiger partial charge in [-0.15, -0.1) is 0 Å². The van der Waals surface area contributed by atoms with E-state index in [-0.39, 0.29) is 0 Å². The van der Waals surface area contributed by atoms with Gasteiger partial charge in [-0.05, 0) is 6.92 Å². The molecule has 4 N–H and O–H groups in total. The van der Waals surface area contributed by atoms with Gasteiger partial charge in [-0.1, -0.05) is 4.98 Å². The van der Waals surface area contributed by atoms with Gasteiger partial charge in [-0.25, -0.2) is 14.3 Å². The van der Waals surface area contributed by atoms with Crippen LogP contribution in [0.15, 0.2) is 12.7 Å². The summed E-state index contributed by atoms with van der Waals surface area (Å²) in [4.78, 5) is 19.9. The van der Waals surface area contributed by atoms with Crippen molar-refractivity contribution in [3.8, 4) is 0 Å². The molecule has 0 aliphatic carbocycles. The predicted octanol–water partition coefficient (Wildman–Crippen LogP) is -1.45. The number of aliphatic carboxylic acids is 1. The molecule has 3 atom stereocenters. The molecule has 2 aromatic rings. The van der Waals surface area contributed by atoms with E-state index in [2.05, 4.69) is 15.3 Å². The number of aryl methyl sites for hydroxylation is 1. The SMILES string of the molecule is Cn1cnc2c3[n+](cnc21)[C@](C)(O)[C@H](O)[C@@](C)(C(=O)O)N3. The van der Waals surface area contributed by atoms with E-state index in [0.717, 1.165) is 0 Å². The van der Waals surface area contributed by atoms with E-state index >= 15 is 0 Å². The quantitative estimate of drug-likeness (QED) is 0.474. The Kier molecular flexibility index (Phi) is 2.54. The third-order valence-electron chi connectivity index (χ3n) is 4.04. The lowest BCUT2D eigenvalue weighted by Crippen LogP contribution is -2.75. The Labute approximate surface area is 119 Å².